The smallest absolute Gasteiger partial charge is 0.331 e. The maximum absolute atomic E-state index is 10.3. The Morgan fingerprint density at radius 2 is 1.53 bits per heavy atom. The molecule has 0 saturated carbocycles. The molecule has 0 aromatic carbocycles. The summed E-state index contributed by atoms with van der Waals surface area (Å²) < 4.78 is 0. The van der Waals surface area contributed by atoms with Crippen molar-refractivity contribution in [3.05, 3.63) is 36.0 Å². The summed E-state index contributed by atoms with van der Waals surface area (Å²) in [5.41, 5.74) is 1.22. The lowest BCUT2D eigenvalue weighted by atomic mass is 10.2. The standard InChI is InChI=1S/C9H12O2.2C2H6/c1-4-5-7(2)6-8(3)9(10)11;2*1-2/h4-6H,1H2,2-3H3,(H,10,11);2*1-2H3/b7-5-,8-6+;;. The first-order chi connectivity index (χ1) is 7.07. The molecule has 0 radical (unpaired) electrons. The molecule has 0 aliphatic heterocycles. The van der Waals surface area contributed by atoms with E-state index in [-0.39, 0.29) is 0 Å². The Balaban J connectivity index is -0.000000318. The summed E-state index contributed by atoms with van der Waals surface area (Å²) in [6.45, 7) is 14.9. The molecule has 0 amide bonds. The average Bonchev–Trinajstić information content (AvgIpc) is 2.24. The third-order valence-electron chi connectivity index (χ3n) is 1.16. The van der Waals surface area contributed by atoms with Gasteiger partial charge in [0.2, 0.25) is 0 Å². The van der Waals surface area contributed by atoms with E-state index < -0.39 is 5.97 Å². The Kier molecular flexibility index (Phi) is 19.5. The molecule has 15 heavy (non-hydrogen) atoms. The van der Waals surface area contributed by atoms with Gasteiger partial charge in [0, 0.05) is 5.57 Å². The molecule has 2 nitrogen and oxygen atoms in total. The maximum Gasteiger partial charge on any atom is 0.331 e. The van der Waals surface area contributed by atoms with E-state index in [1.54, 1.807) is 25.2 Å². The molecule has 0 spiro atoms. The molecule has 88 valence electrons. The summed E-state index contributed by atoms with van der Waals surface area (Å²) in [6.07, 6.45) is 4.98. The molecule has 0 aromatic heterocycles. The third kappa shape index (κ3) is 15.4. The van der Waals surface area contributed by atoms with E-state index >= 15 is 0 Å². The minimum atomic E-state index is -0.887. The van der Waals surface area contributed by atoms with Gasteiger partial charge in [0.15, 0.2) is 0 Å². The van der Waals surface area contributed by atoms with Crippen LogP contribution in [0.3, 0.4) is 0 Å². The first-order valence-electron chi connectivity index (χ1n) is 5.29. The minimum absolute atomic E-state index is 0.334. The largest absolute Gasteiger partial charge is 0.478 e. The van der Waals surface area contributed by atoms with Crippen LogP contribution in [0.5, 0.6) is 0 Å². The lowest BCUT2D eigenvalue weighted by Crippen LogP contribution is -1.95. The average molecular weight is 212 g/mol. The van der Waals surface area contributed by atoms with Crippen molar-refractivity contribution in [3.63, 3.8) is 0 Å². The monoisotopic (exact) mass is 212 g/mol. The van der Waals surface area contributed by atoms with Crippen molar-refractivity contribution < 1.29 is 9.90 Å². The van der Waals surface area contributed by atoms with Crippen molar-refractivity contribution in [3.8, 4) is 0 Å². The van der Waals surface area contributed by atoms with Crippen molar-refractivity contribution in [2.45, 2.75) is 41.5 Å². The fourth-order valence-electron chi connectivity index (χ4n) is 0.637. The summed E-state index contributed by atoms with van der Waals surface area (Å²) >= 11 is 0. The molecule has 0 rings (SSSR count). The van der Waals surface area contributed by atoms with Gasteiger partial charge in [0.25, 0.3) is 0 Å². The number of hydrogen-bond donors (Lipinski definition) is 1. The van der Waals surface area contributed by atoms with Crippen molar-refractivity contribution in [1.29, 1.82) is 0 Å². The second kappa shape index (κ2) is 15.2. The van der Waals surface area contributed by atoms with E-state index in [0.717, 1.165) is 5.57 Å². The van der Waals surface area contributed by atoms with Gasteiger partial charge in [0.1, 0.15) is 0 Å². The van der Waals surface area contributed by atoms with Gasteiger partial charge in [-0.1, -0.05) is 52.0 Å². The first-order valence-corrected chi connectivity index (χ1v) is 5.29. The van der Waals surface area contributed by atoms with E-state index in [1.807, 2.05) is 34.6 Å². The predicted molar refractivity (Wildman–Crippen MR) is 68.0 cm³/mol. The van der Waals surface area contributed by atoms with Crippen LogP contribution in [0.15, 0.2) is 36.0 Å². The quantitative estimate of drug-likeness (QED) is 0.562. The number of allylic oxidation sites excluding steroid dienone is 4. The molecule has 0 atom stereocenters. The van der Waals surface area contributed by atoms with Crippen LogP contribution in [0.4, 0.5) is 0 Å². The predicted octanol–water partition coefficient (Wildman–Crippen LogP) is 4.20. The van der Waals surface area contributed by atoms with Crippen molar-refractivity contribution in [2.24, 2.45) is 0 Å². The Bertz CT molecular complexity index is 223. The molecule has 0 saturated heterocycles. The van der Waals surface area contributed by atoms with Crippen LogP contribution in [0.25, 0.3) is 0 Å². The Morgan fingerprint density at radius 1 is 1.13 bits per heavy atom. The van der Waals surface area contributed by atoms with Crippen LogP contribution in [0.2, 0.25) is 0 Å². The van der Waals surface area contributed by atoms with Crippen LogP contribution < -0.4 is 0 Å². The first kappa shape index (κ1) is 19.3. The summed E-state index contributed by atoms with van der Waals surface area (Å²) in [5, 5.41) is 8.48. The molecule has 0 aliphatic rings. The minimum Gasteiger partial charge on any atom is -0.478 e. The summed E-state index contributed by atoms with van der Waals surface area (Å²) in [5.74, 6) is -0.887. The zero-order valence-electron chi connectivity index (χ0n) is 10.8. The lowest BCUT2D eigenvalue weighted by Gasteiger charge is -1.92. The number of rotatable bonds is 3. The molecule has 0 unspecified atom stereocenters. The van der Waals surface area contributed by atoms with Crippen LogP contribution in [-0.4, -0.2) is 11.1 Å². The van der Waals surface area contributed by atoms with E-state index in [2.05, 4.69) is 6.58 Å². The van der Waals surface area contributed by atoms with Gasteiger partial charge in [-0.2, -0.15) is 0 Å². The second-order valence-electron chi connectivity index (χ2n) is 2.28. The fraction of sp³-hybridized carbons (Fsp3) is 0.462. The van der Waals surface area contributed by atoms with Crippen LogP contribution in [0.1, 0.15) is 41.5 Å². The molecular formula is C13H24O2. The highest BCUT2D eigenvalue weighted by Crippen LogP contribution is 2.01. The van der Waals surface area contributed by atoms with Crippen molar-refractivity contribution in [1.82, 2.24) is 0 Å². The summed E-state index contributed by atoms with van der Waals surface area (Å²) in [4.78, 5) is 10.3. The van der Waals surface area contributed by atoms with E-state index in [0.29, 0.717) is 5.57 Å². The molecule has 0 fully saturated rings. The van der Waals surface area contributed by atoms with E-state index in [1.165, 1.54) is 0 Å². The molecule has 0 heterocycles. The SMILES string of the molecule is C=C/C=C(C)\C=C(/C)C(=O)O.CC.CC. The summed E-state index contributed by atoms with van der Waals surface area (Å²) in [6, 6.07) is 0. The topological polar surface area (TPSA) is 37.3 Å². The highest BCUT2D eigenvalue weighted by molar-refractivity contribution is 5.86. The summed E-state index contributed by atoms with van der Waals surface area (Å²) in [7, 11) is 0. The van der Waals surface area contributed by atoms with Gasteiger partial charge in [0.05, 0.1) is 0 Å². The van der Waals surface area contributed by atoms with Gasteiger partial charge in [-0.15, -0.1) is 0 Å². The molecule has 0 aromatic rings. The maximum atomic E-state index is 10.3. The molecule has 1 N–H and O–H groups in total. The fourth-order valence-corrected chi connectivity index (χ4v) is 0.637. The second-order valence-corrected chi connectivity index (χ2v) is 2.28. The highest BCUT2D eigenvalue weighted by Gasteiger charge is 1.97. The Hall–Kier alpha value is -1.31. The van der Waals surface area contributed by atoms with Gasteiger partial charge < -0.3 is 5.11 Å². The van der Waals surface area contributed by atoms with Gasteiger partial charge in [-0.3, -0.25) is 0 Å². The Labute approximate surface area is 94.0 Å². The van der Waals surface area contributed by atoms with Crippen LogP contribution in [0, 0.1) is 0 Å². The molecule has 0 bridgehead atoms. The number of aliphatic carboxylic acids is 1. The van der Waals surface area contributed by atoms with Gasteiger partial charge >= 0.3 is 5.97 Å². The number of carboxylic acids is 1. The third-order valence-corrected chi connectivity index (χ3v) is 1.16. The van der Waals surface area contributed by atoms with E-state index in [4.69, 9.17) is 5.11 Å². The number of hydrogen-bond acceptors (Lipinski definition) is 1. The van der Waals surface area contributed by atoms with Crippen LogP contribution in [-0.2, 0) is 4.79 Å². The lowest BCUT2D eigenvalue weighted by molar-refractivity contribution is -0.132. The highest BCUT2D eigenvalue weighted by atomic mass is 16.4. The van der Waals surface area contributed by atoms with Gasteiger partial charge in [-0.25, -0.2) is 4.79 Å². The molecule has 0 aliphatic carbocycles. The van der Waals surface area contributed by atoms with Crippen molar-refractivity contribution >= 4 is 5.97 Å². The normalized spacial score (nSPS) is 10.3. The molecular weight excluding hydrogens is 188 g/mol. The van der Waals surface area contributed by atoms with Crippen molar-refractivity contribution in [2.75, 3.05) is 0 Å². The van der Waals surface area contributed by atoms with E-state index in [9.17, 15) is 4.79 Å². The van der Waals surface area contributed by atoms with Gasteiger partial charge in [-0.05, 0) is 19.9 Å². The number of carbonyl (C=O) groups is 1. The zero-order valence-corrected chi connectivity index (χ0v) is 10.8. The Morgan fingerprint density at radius 3 is 1.80 bits per heavy atom. The zero-order chi connectivity index (χ0) is 12.9. The number of carboxylic acid groups (broad SMARTS) is 1. The van der Waals surface area contributed by atoms with Crippen LogP contribution >= 0.6 is 0 Å². The molecule has 2 heteroatoms.